The first kappa shape index (κ1) is 17.4. The number of nitrogens with zero attached hydrogens (tertiary/aromatic N) is 4. The van der Waals surface area contributed by atoms with E-state index in [4.69, 9.17) is 0 Å². The lowest BCUT2D eigenvalue weighted by atomic mass is 9.93. The van der Waals surface area contributed by atoms with E-state index in [9.17, 15) is 4.79 Å². The Balaban J connectivity index is 1.77. The van der Waals surface area contributed by atoms with Gasteiger partial charge in [-0.1, -0.05) is 20.8 Å². The second-order valence-electron chi connectivity index (χ2n) is 6.55. The first-order chi connectivity index (χ1) is 10.8. The van der Waals surface area contributed by atoms with Crippen molar-refractivity contribution >= 4 is 17.4 Å². The first-order valence-corrected chi connectivity index (χ1v) is 8.48. The van der Waals surface area contributed by atoms with Gasteiger partial charge in [-0.25, -0.2) is 9.78 Å². The van der Waals surface area contributed by atoms with Gasteiger partial charge in [0.1, 0.15) is 6.33 Å². The molecule has 0 radical (unpaired) electrons. The van der Waals surface area contributed by atoms with E-state index in [1.807, 2.05) is 14.0 Å². The number of carbonyl (C=O) groups is 1. The summed E-state index contributed by atoms with van der Waals surface area (Å²) in [6.45, 7) is 8.86. The fourth-order valence-corrected chi connectivity index (χ4v) is 3.07. The van der Waals surface area contributed by atoms with Crippen LogP contribution < -0.4 is 10.6 Å². The number of aromatic nitrogens is 4. The van der Waals surface area contributed by atoms with Crippen LogP contribution in [0.5, 0.6) is 0 Å². The number of aryl methyl sites for hydroxylation is 1. The highest BCUT2D eigenvalue weighted by molar-refractivity contribution is 7.09. The molecule has 0 saturated heterocycles. The van der Waals surface area contributed by atoms with Crippen LogP contribution in [0.15, 0.2) is 11.7 Å². The average Bonchev–Trinajstić information content (AvgIpc) is 3.06. The third kappa shape index (κ3) is 4.75. The fraction of sp³-hybridized carbons (Fsp3) is 0.600. The maximum absolute atomic E-state index is 11.9. The van der Waals surface area contributed by atoms with Gasteiger partial charge in [0.25, 0.3) is 0 Å². The Bertz CT molecular complexity index is 657. The molecule has 126 valence electrons. The van der Waals surface area contributed by atoms with E-state index in [1.165, 1.54) is 0 Å². The highest BCUT2D eigenvalue weighted by atomic mass is 32.1. The van der Waals surface area contributed by atoms with Gasteiger partial charge in [0.15, 0.2) is 5.82 Å². The lowest BCUT2D eigenvalue weighted by Crippen LogP contribution is -2.38. The van der Waals surface area contributed by atoms with E-state index in [0.717, 1.165) is 22.9 Å². The number of rotatable bonds is 5. The smallest absolute Gasteiger partial charge is 0.315 e. The maximum Gasteiger partial charge on any atom is 0.315 e. The summed E-state index contributed by atoms with van der Waals surface area (Å²) in [5.41, 5.74) is 1.16. The Morgan fingerprint density at radius 1 is 1.43 bits per heavy atom. The van der Waals surface area contributed by atoms with Crippen molar-refractivity contribution in [2.45, 2.75) is 45.6 Å². The van der Waals surface area contributed by atoms with E-state index < -0.39 is 0 Å². The molecule has 8 heteroatoms. The predicted molar refractivity (Wildman–Crippen MR) is 90.5 cm³/mol. The Labute approximate surface area is 140 Å². The zero-order chi connectivity index (χ0) is 17.0. The Morgan fingerprint density at radius 3 is 2.74 bits per heavy atom. The summed E-state index contributed by atoms with van der Waals surface area (Å²) < 4.78 is 1.79. The topological polar surface area (TPSA) is 84.7 Å². The molecular weight excluding hydrogens is 312 g/mol. The van der Waals surface area contributed by atoms with Gasteiger partial charge in [-0.2, -0.15) is 0 Å². The van der Waals surface area contributed by atoms with Crippen LogP contribution in [0.1, 0.15) is 50.3 Å². The van der Waals surface area contributed by atoms with E-state index >= 15 is 0 Å². The minimum atomic E-state index is -0.215. The summed E-state index contributed by atoms with van der Waals surface area (Å²) in [5.74, 6) is 0.717. The second kappa shape index (κ2) is 7.08. The predicted octanol–water partition coefficient (Wildman–Crippen LogP) is 2.17. The van der Waals surface area contributed by atoms with Crippen molar-refractivity contribution in [1.29, 1.82) is 0 Å². The molecule has 0 aliphatic rings. The number of nitrogens with one attached hydrogen (secondary N) is 2. The summed E-state index contributed by atoms with van der Waals surface area (Å²) >= 11 is 1.64. The Kier molecular flexibility index (Phi) is 5.35. The third-order valence-electron chi connectivity index (χ3n) is 3.43. The van der Waals surface area contributed by atoms with Crippen LogP contribution in [0.4, 0.5) is 4.79 Å². The zero-order valence-electron chi connectivity index (χ0n) is 14.3. The largest absolute Gasteiger partial charge is 0.338 e. The van der Waals surface area contributed by atoms with Crippen molar-refractivity contribution in [2.75, 3.05) is 6.54 Å². The van der Waals surface area contributed by atoms with Crippen molar-refractivity contribution in [3.05, 3.63) is 28.2 Å². The lowest BCUT2D eigenvalue weighted by molar-refractivity contribution is 0.237. The van der Waals surface area contributed by atoms with Crippen molar-refractivity contribution in [1.82, 2.24) is 30.4 Å². The molecule has 0 unspecified atom stereocenters. The Hall–Kier alpha value is -1.96. The average molecular weight is 336 g/mol. The van der Waals surface area contributed by atoms with Crippen LogP contribution in [0.2, 0.25) is 0 Å². The SMILES string of the molecule is C[C@H](NC(=O)NCCc1nc(C(C)(C)C)cs1)c1nncn1C. The minimum Gasteiger partial charge on any atom is -0.338 e. The van der Waals surface area contributed by atoms with Crippen molar-refractivity contribution in [2.24, 2.45) is 7.05 Å². The number of hydrogen-bond donors (Lipinski definition) is 2. The van der Waals surface area contributed by atoms with Crippen molar-refractivity contribution < 1.29 is 4.79 Å². The maximum atomic E-state index is 11.9. The summed E-state index contributed by atoms with van der Waals surface area (Å²) in [6.07, 6.45) is 2.34. The molecule has 2 heterocycles. The zero-order valence-corrected chi connectivity index (χ0v) is 15.1. The standard InChI is InChI=1S/C15H24N6OS/c1-10(13-20-17-9-21(13)5)18-14(22)16-7-6-12-19-11(8-23-12)15(2,3)4/h8-10H,6-7H2,1-5H3,(H2,16,18,22)/t10-/m0/s1. The molecule has 0 fully saturated rings. The Morgan fingerprint density at radius 2 is 2.17 bits per heavy atom. The van der Waals surface area contributed by atoms with Crippen LogP contribution in [0.3, 0.4) is 0 Å². The molecule has 1 atom stereocenters. The van der Waals surface area contributed by atoms with Gasteiger partial charge in [-0.05, 0) is 6.92 Å². The number of urea groups is 1. The third-order valence-corrected chi connectivity index (χ3v) is 4.33. The first-order valence-electron chi connectivity index (χ1n) is 7.60. The van der Waals surface area contributed by atoms with Gasteiger partial charge >= 0.3 is 6.03 Å². The van der Waals surface area contributed by atoms with Crippen LogP contribution in [0, 0.1) is 0 Å². The summed E-state index contributed by atoms with van der Waals surface area (Å²) in [4.78, 5) is 16.5. The molecule has 2 aromatic rings. The molecule has 2 amide bonds. The van der Waals surface area contributed by atoms with Gasteiger partial charge in [0.2, 0.25) is 0 Å². The molecule has 0 saturated carbocycles. The second-order valence-corrected chi connectivity index (χ2v) is 7.49. The molecular formula is C15H24N6OS. The molecule has 0 aliphatic heterocycles. The molecule has 2 rings (SSSR count). The quantitative estimate of drug-likeness (QED) is 0.876. The summed E-state index contributed by atoms with van der Waals surface area (Å²) in [6, 6.07) is -0.414. The monoisotopic (exact) mass is 336 g/mol. The number of amides is 2. The molecule has 2 N–H and O–H groups in total. The van der Waals surface area contributed by atoms with Crippen LogP contribution in [-0.2, 0) is 18.9 Å². The van der Waals surface area contributed by atoms with E-state index in [-0.39, 0.29) is 17.5 Å². The molecule has 23 heavy (non-hydrogen) atoms. The number of thiazole rings is 1. The van der Waals surface area contributed by atoms with Crippen LogP contribution in [-0.4, -0.2) is 32.3 Å². The lowest BCUT2D eigenvalue weighted by Gasteiger charge is -2.14. The highest BCUT2D eigenvalue weighted by Crippen LogP contribution is 2.23. The van der Waals surface area contributed by atoms with Gasteiger partial charge in [-0.3, -0.25) is 0 Å². The van der Waals surface area contributed by atoms with Gasteiger partial charge in [0, 0.05) is 30.8 Å². The minimum absolute atomic E-state index is 0.0606. The molecule has 0 aromatic carbocycles. The fourth-order valence-electron chi connectivity index (χ4n) is 2.05. The van der Waals surface area contributed by atoms with Gasteiger partial charge in [-0.15, -0.1) is 21.5 Å². The summed E-state index contributed by atoms with van der Waals surface area (Å²) in [5, 5.41) is 16.6. The summed E-state index contributed by atoms with van der Waals surface area (Å²) in [7, 11) is 1.85. The number of hydrogen-bond acceptors (Lipinski definition) is 5. The normalized spacial score (nSPS) is 12.9. The highest BCUT2D eigenvalue weighted by Gasteiger charge is 2.17. The van der Waals surface area contributed by atoms with Gasteiger partial charge < -0.3 is 15.2 Å². The molecule has 0 spiro atoms. The van der Waals surface area contributed by atoms with E-state index in [2.05, 4.69) is 52.0 Å². The van der Waals surface area contributed by atoms with E-state index in [0.29, 0.717) is 6.54 Å². The van der Waals surface area contributed by atoms with E-state index in [1.54, 1.807) is 22.2 Å². The van der Waals surface area contributed by atoms with Gasteiger partial charge in [0.05, 0.1) is 16.7 Å². The molecule has 0 aliphatic carbocycles. The molecule has 2 aromatic heterocycles. The number of carbonyl (C=O) groups excluding carboxylic acids is 1. The molecule has 7 nitrogen and oxygen atoms in total. The van der Waals surface area contributed by atoms with Crippen LogP contribution in [0.25, 0.3) is 0 Å². The van der Waals surface area contributed by atoms with Crippen LogP contribution >= 0.6 is 11.3 Å². The van der Waals surface area contributed by atoms with Crippen molar-refractivity contribution in [3.8, 4) is 0 Å². The molecule has 0 bridgehead atoms. The van der Waals surface area contributed by atoms with Crippen molar-refractivity contribution in [3.63, 3.8) is 0 Å².